The first-order valence-electron chi connectivity index (χ1n) is 13.0. The number of fused-ring (bicyclic) bond motifs is 1. The van der Waals surface area contributed by atoms with E-state index in [2.05, 4.69) is 11.4 Å². The van der Waals surface area contributed by atoms with E-state index in [1.54, 1.807) is 16.2 Å². The van der Waals surface area contributed by atoms with Gasteiger partial charge in [0, 0.05) is 30.1 Å². The molecule has 37 heavy (non-hydrogen) atoms. The van der Waals surface area contributed by atoms with E-state index in [9.17, 15) is 9.59 Å². The number of aryl methyl sites for hydroxylation is 2. The van der Waals surface area contributed by atoms with Crippen molar-refractivity contribution in [3.05, 3.63) is 87.1 Å². The minimum Gasteiger partial charge on any atom is -0.491 e. The third kappa shape index (κ3) is 6.05. The molecule has 6 nitrogen and oxygen atoms in total. The van der Waals surface area contributed by atoms with Gasteiger partial charge >= 0.3 is 0 Å². The third-order valence-electron chi connectivity index (χ3n) is 7.20. The number of benzene rings is 2. The van der Waals surface area contributed by atoms with E-state index in [0.717, 1.165) is 36.1 Å². The van der Waals surface area contributed by atoms with Crippen LogP contribution in [0, 0.1) is 13.8 Å². The molecule has 3 heterocycles. The van der Waals surface area contributed by atoms with Crippen LogP contribution >= 0.6 is 11.3 Å². The van der Waals surface area contributed by atoms with Crippen LogP contribution in [0.2, 0.25) is 0 Å². The Hall–Kier alpha value is -3.16. The van der Waals surface area contributed by atoms with Crippen molar-refractivity contribution in [1.82, 2.24) is 9.80 Å². The zero-order valence-corrected chi connectivity index (χ0v) is 22.3. The van der Waals surface area contributed by atoms with Crippen LogP contribution in [0.15, 0.2) is 60.0 Å². The molecule has 2 atom stereocenters. The minimum absolute atomic E-state index is 0.0209. The number of carbonyl (C=O) groups is 2. The largest absolute Gasteiger partial charge is 0.491 e. The van der Waals surface area contributed by atoms with Crippen LogP contribution < -0.4 is 4.74 Å². The molecule has 0 N–H and O–H groups in total. The van der Waals surface area contributed by atoms with Gasteiger partial charge in [-0.3, -0.25) is 9.59 Å². The maximum absolute atomic E-state index is 13.8. The molecule has 5 rings (SSSR count). The summed E-state index contributed by atoms with van der Waals surface area (Å²) in [5.41, 5.74) is 4.00. The van der Waals surface area contributed by atoms with Crippen LogP contribution in [0.4, 0.5) is 0 Å². The van der Waals surface area contributed by atoms with Crippen LogP contribution in [0.3, 0.4) is 0 Å². The molecule has 0 aliphatic carbocycles. The zero-order chi connectivity index (χ0) is 25.8. The highest BCUT2D eigenvalue weighted by Crippen LogP contribution is 2.34. The lowest BCUT2D eigenvalue weighted by Crippen LogP contribution is -2.49. The summed E-state index contributed by atoms with van der Waals surface area (Å²) in [6.45, 7) is 6.17. The Morgan fingerprint density at radius 3 is 2.49 bits per heavy atom. The quantitative estimate of drug-likeness (QED) is 0.412. The molecule has 2 aromatic carbocycles. The molecule has 0 radical (unpaired) electrons. The molecule has 0 saturated carbocycles. The molecule has 7 heteroatoms. The Morgan fingerprint density at radius 1 is 1.05 bits per heavy atom. The number of hydrogen-bond donors (Lipinski definition) is 0. The number of thiophene rings is 1. The van der Waals surface area contributed by atoms with E-state index < -0.39 is 0 Å². The van der Waals surface area contributed by atoms with E-state index in [4.69, 9.17) is 9.47 Å². The average molecular weight is 519 g/mol. The molecule has 2 aliphatic rings. The molecule has 1 saturated heterocycles. The molecule has 0 bridgehead atoms. The normalized spacial score (nSPS) is 18.9. The fraction of sp³-hybridized carbons (Fsp3) is 0.400. The molecule has 2 amide bonds. The maximum atomic E-state index is 13.8. The van der Waals surface area contributed by atoms with Crippen LogP contribution in [-0.4, -0.2) is 60.6 Å². The lowest BCUT2D eigenvalue weighted by atomic mass is 10.00. The molecular weight excluding hydrogens is 484 g/mol. The van der Waals surface area contributed by atoms with Gasteiger partial charge in [-0.05, 0) is 74.4 Å². The smallest absolute Gasteiger partial charge is 0.254 e. The van der Waals surface area contributed by atoms with Gasteiger partial charge in [0.25, 0.3) is 5.91 Å². The SMILES string of the molecule is Cc1ccc(OCC2c3ccsc3CCN2C(=O)CN(CC2CCCO2)C(=O)c2ccc(C)cc2)cc1. The number of ether oxygens (including phenoxy) is 2. The molecule has 2 unspecified atom stereocenters. The summed E-state index contributed by atoms with van der Waals surface area (Å²) >= 11 is 1.73. The summed E-state index contributed by atoms with van der Waals surface area (Å²) in [7, 11) is 0. The molecule has 3 aromatic rings. The second-order valence-corrected chi connectivity index (χ2v) is 11.0. The predicted octanol–water partition coefficient (Wildman–Crippen LogP) is 5.19. The van der Waals surface area contributed by atoms with Gasteiger partial charge in [-0.15, -0.1) is 11.3 Å². The topological polar surface area (TPSA) is 59.1 Å². The van der Waals surface area contributed by atoms with Crippen LogP contribution in [-0.2, 0) is 16.0 Å². The summed E-state index contributed by atoms with van der Waals surface area (Å²) in [5.74, 6) is 0.590. The maximum Gasteiger partial charge on any atom is 0.254 e. The highest BCUT2D eigenvalue weighted by Gasteiger charge is 2.34. The van der Waals surface area contributed by atoms with Crippen LogP contribution in [0.5, 0.6) is 5.75 Å². The van der Waals surface area contributed by atoms with Crippen molar-refractivity contribution in [3.63, 3.8) is 0 Å². The fourth-order valence-corrected chi connectivity index (χ4v) is 6.00. The molecule has 2 aliphatic heterocycles. The Morgan fingerprint density at radius 2 is 1.78 bits per heavy atom. The highest BCUT2D eigenvalue weighted by molar-refractivity contribution is 7.10. The lowest BCUT2D eigenvalue weighted by molar-refractivity contribution is -0.135. The Kier molecular flexibility index (Phi) is 7.91. The summed E-state index contributed by atoms with van der Waals surface area (Å²) in [4.78, 5) is 32.2. The van der Waals surface area contributed by atoms with Crippen LogP contribution in [0.1, 0.15) is 50.8 Å². The minimum atomic E-state index is -0.192. The Labute approximate surface area is 222 Å². The number of nitrogens with zero attached hydrogens (tertiary/aromatic N) is 2. The fourth-order valence-electron chi connectivity index (χ4n) is 5.07. The number of rotatable bonds is 8. The average Bonchev–Trinajstić information content (AvgIpc) is 3.60. The molecule has 1 aromatic heterocycles. The summed E-state index contributed by atoms with van der Waals surface area (Å²) in [6.07, 6.45) is 2.67. The third-order valence-corrected chi connectivity index (χ3v) is 8.20. The first kappa shape index (κ1) is 25.5. The highest BCUT2D eigenvalue weighted by atomic mass is 32.1. The Bertz CT molecular complexity index is 1220. The number of amides is 2. The zero-order valence-electron chi connectivity index (χ0n) is 21.5. The van der Waals surface area contributed by atoms with Gasteiger partial charge in [0.2, 0.25) is 5.91 Å². The van der Waals surface area contributed by atoms with Gasteiger partial charge < -0.3 is 19.3 Å². The van der Waals surface area contributed by atoms with Crippen LogP contribution in [0.25, 0.3) is 0 Å². The van der Waals surface area contributed by atoms with E-state index >= 15 is 0 Å². The van der Waals surface area contributed by atoms with E-state index in [1.165, 1.54) is 10.4 Å². The van der Waals surface area contributed by atoms with E-state index in [0.29, 0.717) is 31.9 Å². The lowest BCUT2D eigenvalue weighted by Gasteiger charge is -2.37. The number of hydrogen-bond acceptors (Lipinski definition) is 5. The first-order valence-corrected chi connectivity index (χ1v) is 13.9. The van der Waals surface area contributed by atoms with Crippen molar-refractivity contribution in [2.45, 2.75) is 45.3 Å². The second-order valence-electron chi connectivity index (χ2n) is 9.96. The van der Waals surface area contributed by atoms with Gasteiger partial charge in [-0.1, -0.05) is 35.4 Å². The van der Waals surface area contributed by atoms with Crippen molar-refractivity contribution in [3.8, 4) is 5.75 Å². The van der Waals surface area contributed by atoms with Gasteiger partial charge in [0.15, 0.2) is 0 Å². The molecule has 0 spiro atoms. The van der Waals surface area contributed by atoms with Crippen molar-refractivity contribution >= 4 is 23.2 Å². The molecular formula is C30H34N2O4S. The summed E-state index contributed by atoms with van der Waals surface area (Å²) in [6, 6.07) is 17.4. The standard InChI is InChI=1S/C30H34N2O4S/c1-21-5-9-23(10-6-21)30(34)31(18-25-4-3-16-35-25)19-29(33)32-15-13-28-26(14-17-37-28)27(32)20-36-24-11-7-22(2)8-12-24/h5-12,14,17,25,27H,3-4,13,15-16,18-20H2,1-2H3. The van der Waals surface area contributed by atoms with Crippen molar-refractivity contribution in [2.75, 3.05) is 32.8 Å². The van der Waals surface area contributed by atoms with Crippen molar-refractivity contribution in [1.29, 1.82) is 0 Å². The van der Waals surface area contributed by atoms with Gasteiger partial charge in [-0.2, -0.15) is 0 Å². The van der Waals surface area contributed by atoms with E-state index in [1.807, 2.05) is 67.3 Å². The predicted molar refractivity (Wildman–Crippen MR) is 145 cm³/mol. The first-order chi connectivity index (χ1) is 18.0. The van der Waals surface area contributed by atoms with E-state index in [-0.39, 0.29) is 30.5 Å². The molecule has 194 valence electrons. The molecule has 1 fully saturated rings. The van der Waals surface area contributed by atoms with Gasteiger partial charge in [0.05, 0.1) is 12.1 Å². The monoisotopic (exact) mass is 518 g/mol. The number of carbonyl (C=O) groups excluding carboxylic acids is 2. The summed E-state index contributed by atoms with van der Waals surface area (Å²) in [5, 5.41) is 2.09. The van der Waals surface area contributed by atoms with Crippen molar-refractivity contribution < 1.29 is 19.1 Å². The second kappa shape index (κ2) is 11.5. The van der Waals surface area contributed by atoms with Gasteiger partial charge in [0.1, 0.15) is 18.9 Å². The summed E-state index contributed by atoms with van der Waals surface area (Å²) < 4.78 is 12.0. The van der Waals surface area contributed by atoms with Gasteiger partial charge in [-0.25, -0.2) is 0 Å². The Balaban J connectivity index is 1.34. The van der Waals surface area contributed by atoms with Crippen molar-refractivity contribution in [2.24, 2.45) is 0 Å².